The highest BCUT2D eigenvalue weighted by Gasteiger charge is 2.26. The number of carbonyl (C=O) groups is 1. The predicted octanol–water partition coefficient (Wildman–Crippen LogP) is 2.96. The van der Waals surface area contributed by atoms with E-state index in [4.69, 9.17) is 0 Å². The van der Waals surface area contributed by atoms with Crippen molar-refractivity contribution in [2.24, 2.45) is 0 Å². The lowest BCUT2D eigenvalue weighted by atomic mass is 9.98. The Morgan fingerprint density at radius 3 is 2.56 bits per heavy atom. The average Bonchev–Trinajstić information content (AvgIpc) is 2.79. The first-order valence-electron chi connectivity index (χ1n) is 6.64. The molecule has 0 spiro atoms. The molecule has 0 heterocycles. The number of aryl methyl sites for hydroxylation is 2. The van der Waals surface area contributed by atoms with Gasteiger partial charge in [0.05, 0.1) is 0 Å². The first-order chi connectivity index (χ1) is 8.58. The van der Waals surface area contributed by atoms with Crippen LogP contribution in [0.3, 0.4) is 0 Å². The van der Waals surface area contributed by atoms with Crippen LogP contribution in [0.4, 0.5) is 0 Å². The van der Waals surface area contributed by atoms with Crippen molar-refractivity contribution in [3.63, 3.8) is 0 Å². The summed E-state index contributed by atoms with van der Waals surface area (Å²) in [5, 5.41) is 12.7. The largest absolute Gasteiger partial charge is 0.480 e. The van der Waals surface area contributed by atoms with Crippen LogP contribution in [-0.4, -0.2) is 17.1 Å². The third kappa shape index (κ3) is 2.91. The van der Waals surface area contributed by atoms with Crippen molar-refractivity contribution in [2.45, 2.75) is 51.6 Å². The molecule has 2 rings (SSSR count). The SMILES string of the molecule is Cc1ccc(C(NC2CCCC2)C(=O)O)c(C)c1. The normalized spacial score (nSPS) is 17.9. The zero-order valence-electron chi connectivity index (χ0n) is 11.1. The van der Waals surface area contributed by atoms with Crippen LogP contribution in [0.15, 0.2) is 18.2 Å². The van der Waals surface area contributed by atoms with Crippen molar-refractivity contribution in [3.8, 4) is 0 Å². The van der Waals surface area contributed by atoms with Gasteiger partial charge in [-0.3, -0.25) is 10.1 Å². The molecule has 1 saturated carbocycles. The van der Waals surface area contributed by atoms with Crippen molar-refractivity contribution in [3.05, 3.63) is 34.9 Å². The maximum absolute atomic E-state index is 11.5. The van der Waals surface area contributed by atoms with E-state index < -0.39 is 12.0 Å². The van der Waals surface area contributed by atoms with Crippen LogP contribution in [0.25, 0.3) is 0 Å². The van der Waals surface area contributed by atoms with Crippen molar-refractivity contribution in [1.82, 2.24) is 5.32 Å². The lowest BCUT2D eigenvalue weighted by Gasteiger charge is -2.21. The molecule has 0 radical (unpaired) electrons. The number of rotatable bonds is 4. The number of carboxylic acids is 1. The zero-order chi connectivity index (χ0) is 13.1. The van der Waals surface area contributed by atoms with Crippen molar-refractivity contribution >= 4 is 5.97 Å². The van der Waals surface area contributed by atoms with Gasteiger partial charge in [0.25, 0.3) is 0 Å². The van der Waals surface area contributed by atoms with E-state index in [1.807, 2.05) is 32.0 Å². The van der Waals surface area contributed by atoms with E-state index in [1.54, 1.807) is 0 Å². The topological polar surface area (TPSA) is 49.3 Å². The minimum atomic E-state index is -0.783. The molecule has 3 nitrogen and oxygen atoms in total. The third-order valence-corrected chi connectivity index (χ3v) is 3.74. The summed E-state index contributed by atoms with van der Waals surface area (Å²) in [5.74, 6) is -0.783. The fraction of sp³-hybridized carbons (Fsp3) is 0.533. The van der Waals surface area contributed by atoms with Crippen molar-refractivity contribution < 1.29 is 9.90 Å². The Hall–Kier alpha value is -1.35. The molecule has 2 N–H and O–H groups in total. The highest BCUT2D eigenvalue weighted by molar-refractivity contribution is 5.76. The number of benzene rings is 1. The minimum Gasteiger partial charge on any atom is -0.480 e. The second-order valence-corrected chi connectivity index (χ2v) is 5.28. The molecule has 1 aliphatic carbocycles. The molecule has 1 aromatic rings. The van der Waals surface area contributed by atoms with Gasteiger partial charge in [0, 0.05) is 6.04 Å². The highest BCUT2D eigenvalue weighted by atomic mass is 16.4. The van der Waals surface area contributed by atoms with Crippen molar-refractivity contribution in [2.75, 3.05) is 0 Å². The lowest BCUT2D eigenvalue weighted by molar-refractivity contribution is -0.139. The number of hydrogen-bond donors (Lipinski definition) is 2. The van der Waals surface area contributed by atoms with Gasteiger partial charge in [0.2, 0.25) is 0 Å². The molecular formula is C15H21NO2. The molecule has 98 valence electrons. The molecule has 0 saturated heterocycles. The minimum absolute atomic E-state index is 0.354. The number of nitrogens with one attached hydrogen (secondary N) is 1. The van der Waals surface area contributed by atoms with Crippen LogP contribution >= 0.6 is 0 Å². The van der Waals surface area contributed by atoms with Crippen molar-refractivity contribution in [1.29, 1.82) is 0 Å². The molecule has 0 bridgehead atoms. The zero-order valence-corrected chi connectivity index (χ0v) is 11.1. The van der Waals surface area contributed by atoms with E-state index in [1.165, 1.54) is 18.4 Å². The van der Waals surface area contributed by atoms with Gasteiger partial charge in [0.1, 0.15) is 6.04 Å². The fourth-order valence-electron chi connectivity index (χ4n) is 2.77. The summed E-state index contributed by atoms with van der Waals surface area (Å²) in [7, 11) is 0. The highest BCUT2D eigenvalue weighted by Crippen LogP contribution is 2.24. The summed E-state index contributed by atoms with van der Waals surface area (Å²) in [5.41, 5.74) is 3.11. The van der Waals surface area contributed by atoms with Crippen LogP contribution in [0.1, 0.15) is 48.4 Å². The van der Waals surface area contributed by atoms with E-state index >= 15 is 0 Å². The van der Waals surface area contributed by atoms with Crippen LogP contribution < -0.4 is 5.32 Å². The molecule has 3 heteroatoms. The summed E-state index contributed by atoms with van der Waals surface area (Å²) in [6.07, 6.45) is 4.59. The Morgan fingerprint density at radius 2 is 2.00 bits per heavy atom. The van der Waals surface area contributed by atoms with E-state index in [2.05, 4.69) is 5.32 Å². The van der Waals surface area contributed by atoms with Crippen LogP contribution in [0.2, 0.25) is 0 Å². The summed E-state index contributed by atoms with van der Waals surface area (Å²) in [6, 6.07) is 5.74. The molecule has 0 aromatic heterocycles. The molecule has 1 aliphatic rings. The number of aliphatic carboxylic acids is 1. The first-order valence-corrected chi connectivity index (χ1v) is 6.64. The van der Waals surface area contributed by atoms with Gasteiger partial charge in [-0.15, -0.1) is 0 Å². The number of carboxylic acid groups (broad SMARTS) is 1. The standard InChI is InChI=1S/C15H21NO2/c1-10-7-8-13(11(2)9-10)14(15(17)18)16-12-5-3-4-6-12/h7-9,12,14,16H,3-6H2,1-2H3,(H,17,18). The molecule has 0 amide bonds. The van der Waals surface area contributed by atoms with Crippen LogP contribution in [-0.2, 0) is 4.79 Å². The summed E-state index contributed by atoms with van der Waals surface area (Å²) in [4.78, 5) is 11.5. The fourth-order valence-corrected chi connectivity index (χ4v) is 2.77. The Kier molecular flexibility index (Phi) is 4.02. The predicted molar refractivity (Wildman–Crippen MR) is 71.7 cm³/mol. The summed E-state index contributed by atoms with van der Waals surface area (Å²) < 4.78 is 0. The van der Waals surface area contributed by atoms with Gasteiger partial charge >= 0.3 is 5.97 Å². The summed E-state index contributed by atoms with van der Waals surface area (Å²) >= 11 is 0. The van der Waals surface area contributed by atoms with E-state index in [-0.39, 0.29) is 0 Å². The number of hydrogen-bond acceptors (Lipinski definition) is 2. The Balaban J connectivity index is 2.20. The van der Waals surface area contributed by atoms with E-state index in [0.717, 1.165) is 24.0 Å². The van der Waals surface area contributed by atoms with Crippen LogP contribution in [0.5, 0.6) is 0 Å². The maximum Gasteiger partial charge on any atom is 0.325 e. The third-order valence-electron chi connectivity index (χ3n) is 3.74. The Morgan fingerprint density at radius 1 is 1.33 bits per heavy atom. The molecule has 1 atom stereocenters. The average molecular weight is 247 g/mol. The quantitative estimate of drug-likeness (QED) is 0.860. The van der Waals surface area contributed by atoms with Gasteiger partial charge < -0.3 is 5.11 Å². The Bertz CT molecular complexity index is 436. The van der Waals surface area contributed by atoms with Gasteiger partial charge in [-0.1, -0.05) is 36.6 Å². The maximum atomic E-state index is 11.5. The van der Waals surface area contributed by atoms with E-state index in [9.17, 15) is 9.90 Å². The summed E-state index contributed by atoms with van der Waals surface area (Å²) in [6.45, 7) is 4.01. The van der Waals surface area contributed by atoms with Gasteiger partial charge in [0.15, 0.2) is 0 Å². The van der Waals surface area contributed by atoms with E-state index in [0.29, 0.717) is 6.04 Å². The first kappa shape index (κ1) is 13.1. The monoisotopic (exact) mass is 247 g/mol. The molecule has 18 heavy (non-hydrogen) atoms. The van der Waals surface area contributed by atoms with Crippen LogP contribution in [0, 0.1) is 13.8 Å². The molecule has 1 aromatic carbocycles. The smallest absolute Gasteiger partial charge is 0.325 e. The Labute approximate surface area is 108 Å². The van der Waals surface area contributed by atoms with Gasteiger partial charge in [-0.2, -0.15) is 0 Å². The second-order valence-electron chi connectivity index (χ2n) is 5.28. The molecular weight excluding hydrogens is 226 g/mol. The van der Waals surface area contributed by atoms with Gasteiger partial charge in [-0.05, 0) is 37.8 Å². The second kappa shape index (κ2) is 5.53. The molecule has 1 unspecified atom stereocenters. The lowest BCUT2D eigenvalue weighted by Crippen LogP contribution is -2.35. The molecule has 1 fully saturated rings. The molecule has 0 aliphatic heterocycles. The van der Waals surface area contributed by atoms with Gasteiger partial charge in [-0.25, -0.2) is 0 Å².